The van der Waals surface area contributed by atoms with E-state index in [0.717, 1.165) is 38.3 Å². The summed E-state index contributed by atoms with van der Waals surface area (Å²) in [4.78, 5) is 13.4. The molecular weight excluding hydrogens is 574 g/mol. The van der Waals surface area contributed by atoms with Crippen LogP contribution in [-0.4, -0.2) is 77.5 Å². The number of benzene rings is 2. The SMILES string of the molecule is CN(C)CC1(COc2nc(N3CC4CCC(C3)N4)c3cc(Cl)c(-c4c(C(F)(F)F)ccc5[nH]ncc45)c(F)c3n2)CC1. The number of aromatic amines is 1. The molecule has 1 aliphatic carbocycles. The number of H-pyrrole nitrogens is 1. The summed E-state index contributed by atoms with van der Waals surface area (Å²) < 4.78 is 65.6. The van der Waals surface area contributed by atoms with Gasteiger partial charge in [0, 0.05) is 59.0 Å². The van der Waals surface area contributed by atoms with Gasteiger partial charge in [-0.2, -0.15) is 28.2 Å². The van der Waals surface area contributed by atoms with Crippen LogP contribution in [0.1, 0.15) is 31.2 Å². The quantitative estimate of drug-likeness (QED) is 0.264. The van der Waals surface area contributed by atoms with Crippen molar-refractivity contribution < 1.29 is 22.3 Å². The van der Waals surface area contributed by atoms with Crippen LogP contribution < -0.4 is 15.0 Å². The summed E-state index contributed by atoms with van der Waals surface area (Å²) in [6.07, 6.45) is 0.521. The predicted molar refractivity (Wildman–Crippen MR) is 152 cm³/mol. The first-order valence-corrected chi connectivity index (χ1v) is 14.4. The fraction of sp³-hybridized carbons (Fsp3) is 0.483. The zero-order valence-corrected chi connectivity index (χ0v) is 23.9. The van der Waals surface area contributed by atoms with Gasteiger partial charge < -0.3 is 19.9 Å². The van der Waals surface area contributed by atoms with Gasteiger partial charge in [-0.25, -0.2) is 4.39 Å². The van der Waals surface area contributed by atoms with Crippen molar-refractivity contribution in [2.24, 2.45) is 5.41 Å². The highest BCUT2D eigenvalue weighted by Crippen LogP contribution is 2.48. The molecular formula is C29H30ClF4N7O. The van der Waals surface area contributed by atoms with Crippen molar-refractivity contribution >= 4 is 39.2 Å². The van der Waals surface area contributed by atoms with E-state index in [0.29, 0.717) is 36.4 Å². The third kappa shape index (κ3) is 4.83. The number of piperazine rings is 1. The van der Waals surface area contributed by atoms with E-state index >= 15 is 4.39 Å². The number of hydrogen-bond acceptors (Lipinski definition) is 7. The van der Waals surface area contributed by atoms with Gasteiger partial charge in [-0.1, -0.05) is 11.6 Å². The second-order valence-electron chi connectivity index (χ2n) is 12.2. The molecule has 2 aromatic heterocycles. The van der Waals surface area contributed by atoms with E-state index in [9.17, 15) is 13.2 Å². The molecule has 2 N–H and O–H groups in total. The minimum absolute atomic E-state index is 0.00172. The van der Waals surface area contributed by atoms with Gasteiger partial charge in [0.15, 0.2) is 5.82 Å². The van der Waals surface area contributed by atoms with Crippen molar-refractivity contribution in [2.45, 2.75) is 43.9 Å². The van der Waals surface area contributed by atoms with E-state index in [2.05, 4.69) is 30.3 Å². The van der Waals surface area contributed by atoms with Gasteiger partial charge in [0.25, 0.3) is 0 Å². The van der Waals surface area contributed by atoms with Crippen molar-refractivity contribution in [1.29, 1.82) is 0 Å². The standard InChI is InChI=1S/C29H30ClF4N7O/c1-40(2)13-28(7-8-28)14-42-27-37-25-17(26(38-27)41-11-15-3-4-16(12-41)36-15)9-20(30)23(24(25)31)22-18-10-35-39-21(18)6-5-19(22)29(32,33)34/h5-6,9-10,15-16,36H,3-4,7-8,11-14H2,1-2H3,(H,35,39). The Balaban J connectivity index is 1.40. The normalized spacial score (nSPS) is 21.6. The summed E-state index contributed by atoms with van der Waals surface area (Å²) in [7, 11) is 4.00. The number of rotatable bonds is 7. The number of anilines is 1. The number of nitrogens with one attached hydrogen (secondary N) is 2. The molecule has 2 saturated heterocycles. The highest BCUT2D eigenvalue weighted by molar-refractivity contribution is 6.35. The highest BCUT2D eigenvalue weighted by atomic mass is 35.5. The Labute approximate surface area is 244 Å². The van der Waals surface area contributed by atoms with Gasteiger partial charge >= 0.3 is 12.2 Å². The van der Waals surface area contributed by atoms with Crippen LogP contribution in [0.2, 0.25) is 5.02 Å². The van der Waals surface area contributed by atoms with Crippen LogP contribution in [-0.2, 0) is 6.18 Å². The first kappa shape index (κ1) is 27.6. The molecule has 222 valence electrons. The molecule has 0 spiro atoms. The number of fused-ring (bicyclic) bond motifs is 4. The van der Waals surface area contributed by atoms with Crippen LogP contribution in [0, 0.1) is 11.2 Å². The summed E-state index contributed by atoms with van der Waals surface area (Å²) in [5.74, 6) is -0.492. The lowest BCUT2D eigenvalue weighted by Crippen LogP contribution is -2.51. The molecule has 4 heterocycles. The Kier molecular flexibility index (Phi) is 6.52. The van der Waals surface area contributed by atoms with Crippen molar-refractivity contribution in [3.05, 3.63) is 40.8 Å². The van der Waals surface area contributed by atoms with Crippen LogP contribution in [0.3, 0.4) is 0 Å². The largest absolute Gasteiger partial charge is 0.463 e. The Morgan fingerprint density at radius 1 is 1.10 bits per heavy atom. The summed E-state index contributed by atoms with van der Waals surface area (Å²) in [6.45, 7) is 2.50. The zero-order chi connectivity index (χ0) is 29.4. The lowest BCUT2D eigenvalue weighted by molar-refractivity contribution is -0.137. The van der Waals surface area contributed by atoms with Gasteiger partial charge in [0.05, 0.1) is 28.9 Å². The Morgan fingerprint density at radius 3 is 2.50 bits per heavy atom. The molecule has 2 aliphatic heterocycles. The van der Waals surface area contributed by atoms with Gasteiger partial charge in [-0.3, -0.25) is 5.10 Å². The summed E-state index contributed by atoms with van der Waals surface area (Å²) in [6, 6.07) is 4.19. The fourth-order valence-corrected chi connectivity index (χ4v) is 6.89. The lowest BCUT2D eigenvalue weighted by atomic mass is 9.94. The Bertz CT molecular complexity index is 1670. The Hall–Kier alpha value is -3.22. The van der Waals surface area contributed by atoms with E-state index in [4.69, 9.17) is 21.3 Å². The maximum absolute atomic E-state index is 16.7. The van der Waals surface area contributed by atoms with Gasteiger partial charge in [0.2, 0.25) is 0 Å². The lowest BCUT2D eigenvalue weighted by Gasteiger charge is -2.34. The van der Waals surface area contributed by atoms with Crippen molar-refractivity contribution in [3.8, 4) is 17.1 Å². The van der Waals surface area contributed by atoms with Crippen molar-refractivity contribution in [1.82, 2.24) is 30.4 Å². The number of ether oxygens (including phenoxy) is 1. The average Bonchev–Trinajstić information content (AvgIpc) is 3.35. The molecule has 13 heteroatoms. The van der Waals surface area contributed by atoms with E-state index in [1.54, 1.807) is 0 Å². The molecule has 7 rings (SSSR count). The van der Waals surface area contributed by atoms with Crippen molar-refractivity contribution in [3.63, 3.8) is 0 Å². The van der Waals surface area contributed by atoms with E-state index in [1.807, 2.05) is 14.1 Å². The van der Waals surface area contributed by atoms with E-state index < -0.39 is 17.6 Å². The van der Waals surface area contributed by atoms with Crippen LogP contribution in [0.25, 0.3) is 32.9 Å². The number of nitrogens with zero attached hydrogens (tertiary/aromatic N) is 5. The third-order valence-corrected chi connectivity index (χ3v) is 8.95. The molecule has 0 radical (unpaired) electrons. The van der Waals surface area contributed by atoms with Crippen LogP contribution in [0.15, 0.2) is 24.4 Å². The molecule has 3 fully saturated rings. The van der Waals surface area contributed by atoms with Crippen LogP contribution in [0.5, 0.6) is 6.01 Å². The predicted octanol–water partition coefficient (Wildman–Crippen LogP) is 5.65. The molecule has 2 aromatic carbocycles. The summed E-state index contributed by atoms with van der Waals surface area (Å²) in [5.41, 5.74) is -1.62. The fourth-order valence-electron chi connectivity index (χ4n) is 6.60. The maximum atomic E-state index is 16.7. The number of halogens is 5. The minimum atomic E-state index is -4.76. The van der Waals surface area contributed by atoms with Gasteiger partial charge in [-0.05, 0) is 58.0 Å². The van der Waals surface area contributed by atoms with Crippen LogP contribution in [0.4, 0.5) is 23.4 Å². The molecule has 8 nitrogen and oxygen atoms in total. The second-order valence-corrected chi connectivity index (χ2v) is 12.6. The first-order valence-electron chi connectivity index (χ1n) is 14.0. The minimum Gasteiger partial charge on any atom is -0.463 e. The number of alkyl halides is 3. The third-order valence-electron chi connectivity index (χ3n) is 8.65. The van der Waals surface area contributed by atoms with Gasteiger partial charge in [0.1, 0.15) is 11.3 Å². The monoisotopic (exact) mass is 603 g/mol. The second kappa shape index (κ2) is 9.92. The molecule has 0 amide bonds. The first-order chi connectivity index (χ1) is 20.0. The molecule has 3 aliphatic rings. The summed E-state index contributed by atoms with van der Waals surface area (Å²) >= 11 is 6.67. The molecule has 2 unspecified atom stereocenters. The van der Waals surface area contributed by atoms with E-state index in [-0.39, 0.29) is 50.6 Å². The van der Waals surface area contributed by atoms with Gasteiger partial charge in [-0.15, -0.1) is 0 Å². The zero-order valence-electron chi connectivity index (χ0n) is 23.2. The molecule has 2 bridgehead atoms. The van der Waals surface area contributed by atoms with E-state index in [1.165, 1.54) is 18.3 Å². The maximum Gasteiger partial charge on any atom is 0.417 e. The van der Waals surface area contributed by atoms with Crippen LogP contribution >= 0.6 is 11.6 Å². The summed E-state index contributed by atoms with van der Waals surface area (Å²) in [5, 5.41) is 10.4. The highest BCUT2D eigenvalue weighted by Gasteiger charge is 2.44. The molecule has 1 saturated carbocycles. The topological polar surface area (TPSA) is 82.2 Å². The number of hydrogen-bond donors (Lipinski definition) is 2. The number of aromatic nitrogens is 4. The smallest absolute Gasteiger partial charge is 0.417 e. The molecule has 2 atom stereocenters. The Morgan fingerprint density at radius 2 is 1.83 bits per heavy atom. The van der Waals surface area contributed by atoms with Crippen molar-refractivity contribution in [2.75, 3.05) is 45.2 Å². The molecule has 42 heavy (non-hydrogen) atoms. The average molecular weight is 604 g/mol. The molecule has 4 aromatic rings.